The van der Waals surface area contributed by atoms with Crippen LogP contribution in [0.3, 0.4) is 0 Å². The summed E-state index contributed by atoms with van der Waals surface area (Å²) in [7, 11) is 0. The SMILES string of the molecule is CC1(C)c2cc(N(c3ccc(-c4ccc5c(c4)CCCC5)cc3)c3ccc(-c4ccc5ccccc5c4)cc3)ccc2-c2c(-c3ccccc3)cccc21. The molecular formula is C53H43N. The van der Waals surface area contributed by atoms with Gasteiger partial charge in [0, 0.05) is 22.5 Å². The molecule has 0 heterocycles. The van der Waals surface area contributed by atoms with E-state index in [1.165, 1.54) is 103 Å². The van der Waals surface area contributed by atoms with Gasteiger partial charge in [-0.15, -0.1) is 0 Å². The Hall–Kier alpha value is -6.18. The maximum absolute atomic E-state index is 2.44. The summed E-state index contributed by atoms with van der Waals surface area (Å²) >= 11 is 0. The van der Waals surface area contributed by atoms with Gasteiger partial charge in [-0.25, -0.2) is 0 Å². The highest BCUT2D eigenvalue weighted by atomic mass is 15.1. The highest BCUT2D eigenvalue weighted by Crippen LogP contribution is 2.53. The summed E-state index contributed by atoms with van der Waals surface area (Å²) < 4.78 is 0. The lowest BCUT2D eigenvalue weighted by atomic mass is 9.81. The first kappa shape index (κ1) is 32.5. The standard InChI is InChI=1S/C53H43N/c1-53(2)50-18-10-17-48(40-13-4-3-5-14-40)52(50)49-32-31-47(35-51(49)53)54(45-27-23-38(24-28-45)43-21-19-36-11-6-8-15-41(36)33-43)46-29-25-39(26-30-46)44-22-20-37-12-7-9-16-42(37)34-44/h3-6,8,10-11,13-15,17-35H,7,9,12,16H2,1-2H3. The minimum Gasteiger partial charge on any atom is -0.310 e. The molecule has 260 valence electrons. The number of hydrogen-bond donors (Lipinski definition) is 0. The summed E-state index contributed by atoms with van der Waals surface area (Å²) in [5, 5.41) is 2.53. The van der Waals surface area contributed by atoms with Gasteiger partial charge in [0.05, 0.1) is 0 Å². The van der Waals surface area contributed by atoms with Crippen molar-refractivity contribution < 1.29 is 0 Å². The number of nitrogens with zero attached hydrogens (tertiary/aromatic N) is 1. The van der Waals surface area contributed by atoms with Crippen molar-refractivity contribution in [1.82, 2.24) is 0 Å². The van der Waals surface area contributed by atoms with Gasteiger partial charge in [0.15, 0.2) is 0 Å². The van der Waals surface area contributed by atoms with Crippen LogP contribution in [0.2, 0.25) is 0 Å². The molecule has 1 nitrogen and oxygen atoms in total. The van der Waals surface area contributed by atoms with E-state index in [0.29, 0.717) is 0 Å². The Kier molecular flexibility index (Phi) is 7.84. The van der Waals surface area contributed by atoms with Crippen molar-refractivity contribution in [2.75, 3.05) is 4.90 Å². The van der Waals surface area contributed by atoms with Crippen LogP contribution >= 0.6 is 0 Å². The molecule has 0 spiro atoms. The molecule has 0 fully saturated rings. The summed E-state index contributed by atoms with van der Waals surface area (Å²) in [4.78, 5) is 2.43. The van der Waals surface area contributed by atoms with Crippen molar-refractivity contribution in [1.29, 1.82) is 0 Å². The molecule has 54 heavy (non-hydrogen) atoms. The van der Waals surface area contributed by atoms with E-state index in [0.717, 1.165) is 17.1 Å². The predicted octanol–water partition coefficient (Wildman–Crippen LogP) is 14.5. The third kappa shape index (κ3) is 5.55. The Morgan fingerprint density at radius 3 is 1.74 bits per heavy atom. The lowest BCUT2D eigenvalue weighted by Crippen LogP contribution is -2.16. The van der Waals surface area contributed by atoms with E-state index < -0.39 is 0 Å². The van der Waals surface area contributed by atoms with Gasteiger partial charge in [0.25, 0.3) is 0 Å². The maximum Gasteiger partial charge on any atom is 0.0465 e. The van der Waals surface area contributed by atoms with Crippen LogP contribution in [-0.2, 0) is 18.3 Å². The topological polar surface area (TPSA) is 3.24 Å². The van der Waals surface area contributed by atoms with E-state index in [1.54, 1.807) is 0 Å². The Labute approximate surface area is 319 Å². The van der Waals surface area contributed by atoms with Crippen LogP contribution in [0, 0.1) is 0 Å². The van der Waals surface area contributed by atoms with Crippen molar-refractivity contribution in [2.45, 2.75) is 44.9 Å². The molecule has 2 aliphatic rings. The molecule has 8 aromatic rings. The second-order valence-electron chi connectivity index (χ2n) is 15.6. The van der Waals surface area contributed by atoms with E-state index in [2.05, 4.69) is 195 Å². The third-order valence-electron chi connectivity index (χ3n) is 12.0. The molecule has 0 aromatic heterocycles. The minimum absolute atomic E-state index is 0.145. The van der Waals surface area contributed by atoms with Gasteiger partial charge in [0.1, 0.15) is 0 Å². The fourth-order valence-electron chi connectivity index (χ4n) is 9.11. The normalized spacial score (nSPS) is 14.0. The van der Waals surface area contributed by atoms with Crippen LogP contribution in [0.4, 0.5) is 17.1 Å². The third-order valence-corrected chi connectivity index (χ3v) is 12.0. The number of hydrogen-bond acceptors (Lipinski definition) is 1. The highest BCUT2D eigenvalue weighted by Gasteiger charge is 2.37. The van der Waals surface area contributed by atoms with Gasteiger partial charge in [-0.05, 0) is 146 Å². The second kappa shape index (κ2) is 13.0. The summed E-state index contributed by atoms with van der Waals surface area (Å²) in [5.74, 6) is 0. The Balaban J connectivity index is 1.07. The molecule has 0 saturated heterocycles. The van der Waals surface area contributed by atoms with Gasteiger partial charge in [-0.2, -0.15) is 0 Å². The zero-order valence-corrected chi connectivity index (χ0v) is 31.0. The van der Waals surface area contributed by atoms with Crippen molar-refractivity contribution in [3.63, 3.8) is 0 Å². The van der Waals surface area contributed by atoms with E-state index in [4.69, 9.17) is 0 Å². The fourth-order valence-corrected chi connectivity index (χ4v) is 9.11. The second-order valence-corrected chi connectivity index (χ2v) is 15.6. The van der Waals surface area contributed by atoms with Crippen molar-refractivity contribution in [3.8, 4) is 44.5 Å². The number of anilines is 3. The Bertz CT molecular complexity index is 2660. The molecule has 2 aliphatic carbocycles. The van der Waals surface area contributed by atoms with Crippen molar-refractivity contribution >= 4 is 27.8 Å². The first-order valence-corrected chi connectivity index (χ1v) is 19.5. The van der Waals surface area contributed by atoms with Gasteiger partial charge in [-0.1, -0.05) is 147 Å². The lowest BCUT2D eigenvalue weighted by molar-refractivity contribution is 0.660. The molecule has 8 aromatic carbocycles. The number of aryl methyl sites for hydroxylation is 2. The van der Waals surface area contributed by atoms with Crippen LogP contribution in [0.5, 0.6) is 0 Å². The molecule has 0 radical (unpaired) electrons. The molecular weight excluding hydrogens is 651 g/mol. The molecule has 0 aliphatic heterocycles. The number of benzene rings is 8. The zero-order chi connectivity index (χ0) is 36.2. The minimum atomic E-state index is -0.145. The summed E-state index contributed by atoms with van der Waals surface area (Å²) in [5.41, 5.74) is 19.3. The molecule has 0 atom stereocenters. The maximum atomic E-state index is 2.44. The fraction of sp³-hybridized carbons (Fsp3) is 0.132. The van der Waals surface area contributed by atoms with Gasteiger partial charge in [-0.3, -0.25) is 0 Å². The van der Waals surface area contributed by atoms with Crippen LogP contribution in [-0.4, -0.2) is 0 Å². The quantitative estimate of drug-likeness (QED) is 0.168. The van der Waals surface area contributed by atoms with E-state index in [1.807, 2.05) is 0 Å². The highest BCUT2D eigenvalue weighted by molar-refractivity contribution is 5.94. The predicted molar refractivity (Wildman–Crippen MR) is 229 cm³/mol. The summed E-state index contributed by atoms with van der Waals surface area (Å²) in [6.07, 6.45) is 5.00. The first-order chi connectivity index (χ1) is 26.5. The van der Waals surface area contributed by atoms with Gasteiger partial charge < -0.3 is 4.90 Å². The van der Waals surface area contributed by atoms with Gasteiger partial charge in [0.2, 0.25) is 0 Å². The molecule has 1 heteroatoms. The first-order valence-electron chi connectivity index (χ1n) is 19.5. The molecule has 0 N–H and O–H groups in total. The Morgan fingerprint density at radius 1 is 0.389 bits per heavy atom. The average Bonchev–Trinajstić information content (AvgIpc) is 3.47. The van der Waals surface area contributed by atoms with Crippen LogP contribution < -0.4 is 4.90 Å². The zero-order valence-electron chi connectivity index (χ0n) is 31.0. The largest absolute Gasteiger partial charge is 0.310 e. The van der Waals surface area contributed by atoms with Crippen LogP contribution in [0.15, 0.2) is 176 Å². The summed E-state index contributed by atoms with van der Waals surface area (Å²) in [6, 6.07) is 65.5. The molecule has 0 bridgehead atoms. The number of rotatable bonds is 6. The molecule has 0 unspecified atom stereocenters. The molecule has 0 saturated carbocycles. The van der Waals surface area contributed by atoms with Crippen molar-refractivity contribution in [3.05, 3.63) is 198 Å². The van der Waals surface area contributed by atoms with E-state index in [9.17, 15) is 0 Å². The van der Waals surface area contributed by atoms with Crippen LogP contribution in [0.25, 0.3) is 55.3 Å². The molecule has 0 amide bonds. The smallest absolute Gasteiger partial charge is 0.0465 e. The lowest BCUT2D eigenvalue weighted by Gasteiger charge is -2.28. The summed E-state index contributed by atoms with van der Waals surface area (Å²) in [6.45, 7) is 4.76. The van der Waals surface area contributed by atoms with Crippen LogP contribution in [0.1, 0.15) is 48.9 Å². The van der Waals surface area contributed by atoms with E-state index >= 15 is 0 Å². The molecule has 10 rings (SSSR count). The van der Waals surface area contributed by atoms with E-state index in [-0.39, 0.29) is 5.41 Å². The Morgan fingerprint density at radius 2 is 1.00 bits per heavy atom. The average molecular weight is 694 g/mol. The van der Waals surface area contributed by atoms with Crippen molar-refractivity contribution in [2.24, 2.45) is 0 Å². The van der Waals surface area contributed by atoms with Gasteiger partial charge >= 0.3 is 0 Å². The number of fused-ring (bicyclic) bond motifs is 5. The monoisotopic (exact) mass is 693 g/mol.